The molecule has 1 aromatic rings. The Kier molecular flexibility index (Phi) is 8.65. The van der Waals surface area contributed by atoms with Crippen LogP contribution in [0.2, 0.25) is 0 Å². The number of phenolic OH excluding ortho intramolecular Hbond substituents is 1. The maximum atomic E-state index is 14.1. The molecule has 42 heavy (non-hydrogen) atoms. The van der Waals surface area contributed by atoms with E-state index >= 15 is 0 Å². The summed E-state index contributed by atoms with van der Waals surface area (Å²) in [6, 6.07) is 0.664. The van der Waals surface area contributed by atoms with E-state index in [0.717, 1.165) is 0 Å². The molecule has 0 heterocycles. The fourth-order valence-electron chi connectivity index (χ4n) is 6.87. The van der Waals surface area contributed by atoms with Gasteiger partial charge in [0, 0.05) is 49.9 Å². The number of nitrogens with zero attached hydrogens (tertiary/aromatic N) is 3. The molecule has 3 aliphatic carbocycles. The second-order valence-corrected chi connectivity index (χ2v) is 12.6. The van der Waals surface area contributed by atoms with Crippen molar-refractivity contribution >= 4 is 28.9 Å². The molecule has 4 rings (SSSR count). The lowest BCUT2D eigenvalue weighted by atomic mass is 9.57. The predicted molar refractivity (Wildman–Crippen MR) is 158 cm³/mol. The summed E-state index contributed by atoms with van der Waals surface area (Å²) in [6.45, 7) is 3.84. The first-order valence-electron chi connectivity index (χ1n) is 13.4. The third-order valence-electron chi connectivity index (χ3n) is 8.36. The first-order valence-corrected chi connectivity index (χ1v) is 13.4. The molecule has 0 aromatic heterocycles. The second-order valence-electron chi connectivity index (χ2n) is 12.6. The lowest BCUT2D eigenvalue weighted by molar-refractivity contribution is -0.153. The largest absolute Gasteiger partial charge is 0.508 e. The van der Waals surface area contributed by atoms with Gasteiger partial charge in [-0.05, 0) is 65.4 Å². The van der Waals surface area contributed by atoms with Crippen molar-refractivity contribution in [2.75, 3.05) is 46.7 Å². The molecule has 0 bridgehead atoms. The van der Waals surface area contributed by atoms with Gasteiger partial charge in [0.15, 0.2) is 11.4 Å². The molecule has 0 spiro atoms. The summed E-state index contributed by atoms with van der Waals surface area (Å²) >= 11 is 0. The highest BCUT2D eigenvalue weighted by Crippen LogP contribution is 2.54. The van der Waals surface area contributed by atoms with Crippen LogP contribution in [0.3, 0.4) is 0 Å². The number of aliphatic hydroxyl groups excluding tert-OH is 2. The summed E-state index contributed by atoms with van der Waals surface area (Å²) in [5, 5.41) is 56.0. The number of rotatable bonds is 7. The van der Waals surface area contributed by atoms with Gasteiger partial charge in [-0.2, -0.15) is 0 Å². The maximum Gasteiger partial charge on any atom is 0.255 e. The Morgan fingerprint density at radius 3 is 2.21 bits per heavy atom. The fraction of sp³-hybridized carbons (Fsp3) is 0.567. The molecular weight excluding hydrogens is 544 g/mol. The molecule has 0 unspecified atom stereocenters. The summed E-state index contributed by atoms with van der Waals surface area (Å²) in [7, 11) is 8.53. The zero-order valence-electron chi connectivity index (χ0n) is 24.5. The molecule has 1 saturated carbocycles. The first kappa shape index (κ1) is 33.1. The van der Waals surface area contributed by atoms with Gasteiger partial charge in [-0.15, -0.1) is 0 Å². The van der Waals surface area contributed by atoms with E-state index in [1.54, 1.807) is 41.1 Å². The van der Waals surface area contributed by atoms with Gasteiger partial charge in [-0.1, -0.05) is 7.43 Å². The lowest BCUT2D eigenvalue weighted by Crippen LogP contribution is -2.65. The number of anilines is 1. The van der Waals surface area contributed by atoms with Gasteiger partial charge in [-0.25, -0.2) is 0 Å². The van der Waals surface area contributed by atoms with Crippen LogP contribution in [0, 0.1) is 11.8 Å². The van der Waals surface area contributed by atoms with Crippen molar-refractivity contribution in [3.63, 3.8) is 0 Å². The molecule has 4 atom stereocenters. The monoisotopic (exact) mass is 588 g/mol. The number of likely N-dealkylation sites (N-methyl/N-ethyl adjacent to an activating group) is 2. The van der Waals surface area contributed by atoms with E-state index in [-0.39, 0.29) is 43.7 Å². The molecule has 12 nitrogen and oxygen atoms in total. The molecule has 1 fully saturated rings. The summed E-state index contributed by atoms with van der Waals surface area (Å²) in [4.78, 5) is 44.6. The highest BCUT2D eigenvalue weighted by molar-refractivity contribution is 6.24. The number of benzene rings is 1. The third kappa shape index (κ3) is 5.06. The van der Waals surface area contributed by atoms with Crippen molar-refractivity contribution in [2.24, 2.45) is 17.6 Å². The number of primary amides is 1. The summed E-state index contributed by atoms with van der Waals surface area (Å²) in [6.07, 6.45) is 0.227. The van der Waals surface area contributed by atoms with Gasteiger partial charge in [0.2, 0.25) is 5.78 Å². The predicted octanol–water partition coefficient (Wildman–Crippen LogP) is 0.869. The number of hydrogen-bond donors (Lipinski definition) is 6. The van der Waals surface area contributed by atoms with Gasteiger partial charge in [0.25, 0.3) is 5.91 Å². The van der Waals surface area contributed by atoms with E-state index in [1.165, 1.54) is 4.90 Å². The number of hydrogen-bond acceptors (Lipinski definition) is 11. The number of aromatic hydroxyl groups is 1. The number of phenols is 1. The quantitative estimate of drug-likeness (QED) is 0.248. The fourth-order valence-corrected chi connectivity index (χ4v) is 6.87. The number of carbonyl (C=O) groups excluding carboxylic acids is 3. The van der Waals surface area contributed by atoms with E-state index in [0.29, 0.717) is 23.4 Å². The van der Waals surface area contributed by atoms with Crippen LogP contribution < -0.4 is 10.6 Å². The van der Waals surface area contributed by atoms with Crippen molar-refractivity contribution in [3.05, 3.63) is 39.7 Å². The molecule has 0 radical (unpaired) electrons. The average Bonchev–Trinajstić information content (AvgIpc) is 2.81. The van der Waals surface area contributed by atoms with E-state index < -0.39 is 63.6 Å². The minimum absolute atomic E-state index is 0. The van der Waals surface area contributed by atoms with Gasteiger partial charge < -0.3 is 36.2 Å². The molecule has 232 valence electrons. The van der Waals surface area contributed by atoms with Crippen molar-refractivity contribution in [2.45, 2.75) is 57.9 Å². The summed E-state index contributed by atoms with van der Waals surface area (Å²) in [5.41, 5.74) is 2.44. The minimum atomic E-state index is -2.69. The number of amides is 1. The number of aliphatic hydroxyl groups is 4. The smallest absolute Gasteiger partial charge is 0.255 e. The van der Waals surface area contributed by atoms with E-state index in [2.05, 4.69) is 0 Å². The highest BCUT2D eigenvalue weighted by atomic mass is 16.3. The molecule has 1 amide bonds. The van der Waals surface area contributed by atoms with E-state index in [9.17, 15) is 39.9 Å². The lowest BCUT2D eigenvalue weighted by Gasteiger charge is -2.50. The summed E-state index contributed by atoms with van der Waals surface area (Å²) in [5.74, 6) is -6.80. The number of Topliss-reactive ketones (excluding diaryl/α,β-unsaturated/α-hetero) is 2. The van der Waals surface area contributed by atoms with E-state index in [4.69, 9.17) is 5.73 Å². The Bertz CT molecular complexity index is 1390. The standard InChI is InChI=1S/C29H40N4O8.CH4/c1-28(2,40)12-33(7)11-14-10-17(31(3)4)15-8-13-9-16-21(32(5)6)24(36)20(27(30)39)26(38)29(16,41)25(37)18(13)23(35)19(15)22(14)34;/h10,13,16,21,34-35,38,40-41H,8-9,11-12H2,1-7H3,(H2,30,39);1H4/t13-,16-,21-,29-;/m0./s1. The second kappa shape index (κ2) is 11.0. The zero-order valence-corrected chi connectivity index (χ0v) is 24.5. The minimum Gasteiger partial charge on any atom is -0.508 e. The van der Waals surface area contributed by atoms with Crippen LogP contribution in [0.1, 0.15) is 44.4 Å². The Labute approximate surface area is 246 Å². The molecule has 3 aliphatic rings. The molecule has 7 N–H and O–H groups in total. The van der Waals surface area contributed by atoms with Crippen LogP contribution in [0.15, 0.2) is 23.0 Å². The zero-order chi connectivity index (χ0) is 30.9. The molecule has 0 aliphatic heterocycles. The molecule has 1 aromatic carbocycles. The Morgan fingerprint density at radius 2 is 1.71 bits per heavy atom. The highest BCUT2D eigenvalue weighted by Gasteiger charge is 2.64. The molecule has 12 heteroatoms. The van der Waals surface area contributed by atoms with Gasteiger partial charge in [-0.3, -0.25) is 24.2 Å². The SMILES string of the molecule is C.CN(Cc1cc(N(C)C)c2c(c1O)C(O)=C1C(=O)[C@]3(O)C(O)=C(C(N)=O)C(=O)[C@@H](N(C)C)[C@@H]3C[C@@H]1C2)CC(C)(C)O. The number of nitrogens with two attached hydrogens (primary N) is 1. The Hall–Kier alpha value is -3.45. The van der Waals surface area contributed by atoms with Crippen molar-refractivity contribution in [3.8, 4) is 5.75 Å². The van der Waals surface area contributed by atoms with Gasteiger partial charge in [0.1, 0.15) is 22.8 Å². The van der Waals surface area contributed by atoms with Gasteiger partial charge >= 0.3 is 0 Å². The topological polar surface area (TPSA) is 188 Å². The van der Waals surface area contributed by atoms with Crippen LogP contribution in [-0.4, -0.2) is 112 Å². The van der Waals surface area contributed by atoms with Crippen LogP contribution in [0.5, 0.6) is 5.75 Å². The Balaban J connectivity index is 0.00000484. The number of fused-ring (bicyclic) bond motifs is 3. The summed E-state index contributed by atoms with van der Waals surface area (Å²) < 4.78 is 0. The van der Waals surface area contributed by atoms with Gasteiger partial charge in [0.05, 0.1) is 17.2 Å². The van der Waals surface area contributed by atoms with Crippen LogP contribution in [0.25, 0.3) is 5.76 Å². The molecule has 0 saturated heterocycles. The number of ketones is 2. The average molecular weight is 589 g/mol. The van der Waals surface area contributed by atoms with Crippen molar-refractivity contribution in [1.29, 1.82) is 0 Å². The van der Waals surface area contributed by atoms with E-state index in [1.807, 2.05) is 23.9 Å². The van der Waals surface area contributed by atoms with Crippen LogP contribution in [0.4, 0.5) is 5.69 Å². The first-order chi connectivity index (χ1) is 18.8. The third-order valence-corrected chi connectivity index (χ3v) is 8.36. The van der Waals surface area contributed by atoms with Crippen molar-refractivity contribution < 1.29 is 39.9 Å². The number of carbonyl (C=O) groups is 3. The molecular formula is C30H44N4O8. The maximum absolute atomic E-state index is 14.1. The normalized spacial score (nSPS) is 25.7. The van der Waals surface area contributed by atoms with Crippen molar-refractivity contribution in [1.82, 2.24) is 9.80 Å². The Morgan fingerprint density at radius 1 is 1.12 bits per heavy atom. The van der Waals surface area contributed by atoms with Crippen LogP contribution >= 0.6 is 0 Å². The van der Waals surface area contributed by atoms with Crippen LogP contribution in [-0.2, 0) is 27.3 Å².